The van der Waals surface area contributed by atoms with E-state index < -0.39 is 6.67 Å². The third-order valence-corrected chi connectivity index (χ3v) is 3.05. The quantitative estimate of drug-likeness (QED) is 0.856. The van der Waals surface area contributed by atoms with Crippen LogP contribution >= 0.6 is 0 Å². The van der Waals surface area contributed by atoms with Crippen molar-refractivity contribution in [2.45, 2.75) is 19.1 Å². The van der Waals surface area contributed by atoms with Crippen LogP contribution in [-0.4, -0.2) is 44.5 Å². The minimum Gasteiger partial charge on any atom is -0.491 e. The molecular formula is C14H19FN2O3. The van der Waals surface area contributed by atoms with Crippen LogP contribution in [0.4, 0.5) is 10.1 Å². The van der Waals surface area contributed by atoms with Gasteiger partial charge in [-0.3, -0.25) is 4.79 Å². The first-order chi connectivity index (χ1) is 9.70. The summed E-state index contributed by atoms with van der Waals surface area (Å²) in [5, 5.41) is 5.92. The average molecular weight is 282 g/mol. The zero-order chi connectivity index (χ0) is 14.4. The molecule has 1 aromatic carbocycles. The van der Waals surface area contributed by atoms with Crippen molar-refractivity contribution in [3.05, 3.63) is 24.3 Å². The molecule has 1 heterocycles. The molecule has 2 rings (SSSR count). The molecule has 0 aliphatic carbocycles. The van der Waals surface area contributed by atoms with E-state index in [2.05, 4.69) is 10.6 Å². The maximum Gasteiger partial charge on any atom is 0.244 e. The summed E-state index contributed by atoms with van der Waals surface area (Å²) in [7, 11) is 0. The molecular weight excluding hydrogens is 263 g/mol. The van der Waals surface area contributed by atoms with Gasteiger partial charge in [-0.2, -0.15) is 0 Å². The number of amides is 1. The van der Waals surface area contributed by atoms with Crippen LogP contribution in [0.25, 0.3) is 0 Å². The third kappa shape index (κ3) is 3.91. The number of hydrogen-bond donors (Lipinski definition) is 2. The Balaban J connectivity index is 1.96. The van der Waals surface area contributed by atoms with Crippen LogP contribution in [0.15, 0.2) is 24.3 Å². The Morgan fingerprint density at radius 3 is 3.20 bits per heavy atom. The first-order valence-corrected chi connectivity index (χ1v) is 6.65. The van der Waals surface area contributed by atoms with Crippen molar-refractivity contribution in [1.82, 2.24) is 5.32 Å². The maximum absolute atomic E-state index is 12.1. The number of alkyl halides is 1. The van der Waals surface area contributed by atoms with Gasteiger partial charge in [0.15, 0.2) is 0 Å². The van der Waals surface area contributed by atoms with Gasteiger partial charge in [-0.05, 0) is 19.1 Å². The summed E-state index contributed by atoms with van der Waals surface area (Å²) >= 11 is 0. The predicted molar refractivity (Wildman–Crippen MR) is 73.7 cm³/mol. The summed E-state index contributed by atoms with van der Waals surface area (Å²) in [6.45, 7) is 2.58. The van der Waals surface area contributed by atoms with Crippen LogP contribution in [0.2, 0.25) is 0 Å². The molecule has 1 aromatic rings. The number of nitrogens with one attached hydrogen (secondary N) is 2. The van der Waals surface area contributed by atoms with Gasteiger partial charge in [0.25, 0.3) is 0 Å². The molecule has 1 fully saturated rings. The number of morpholine rings is 1. The second-order valence-electron chi connectivity index (χ2n) is 4.56. The highest BCUT2D eigenvalue weighted by atomic mass is 19.1. The molecule has 0 aromatic heterocycles. The number of carbonyl (C=O) groups excluding carboxylic acids is 1. The van der Waals surface area contributed by atoms with Crippen molar-refractivity contribution in [1.29, 1.82) is 0 Å². The van der Waals surface area contributed by atoms with Crippen LogP contribution in [-0.2, 0) is 9.53 Å². The number of ether oxygens (including phenoxy) is 2. The molecule has 20 heavy (non-hydrogen) atoms. The predicted octanol–water partition coefficient (Wildman–Crippen LogP) is 1.35. The smallest absolute Gasteiger partial charge is 0.244 e. The van der Waals surface area contributed by atoms with Crippen molar-refractivity contribution < 1.29 is 18.7 Å². The molecule has 1 amide bonds. The molecule has 1 aliphatic rings. The normalized spacial score (nSPS) is 22.3. The molecule has 1 saturated heterocycles. The minimum atomic E-state index is -0.544. The molecule has 1 aliphatic heterocycles. The number of halogens is 1. The van der Waals surface area contributed by atoms with Crippen LogP contribution < -0.4 is 15.4 Å². The van der Waals surface area contributed by atoms with Crippen molar-refractivity contribution in [3.8, 4) is 5.75 Å². The highest BCUT2D eigenvalue weighted by Crippen LogP contribution is 2.18. The largest absolute Gasteiger partial charge is 0.491 e. The van der Waals surface area contributed by atoms with Gasteiger partial charge in [-0.25, -0.2) is 4.39 Å². The molecule has 2 N–H and O–H groups in total. The zero-order valence-electron chi connectivity index (χ0n) is 11.4. The van der Waals surface area contributed by atoms with Crippen molar-refractivity contribution in [3.63, 3.8) is 0 Å². The van der Waals surface area contributed by atoms with E-state index in [1.807, 2.05) is 6.92 Å². The standard InChI is InChI=1S/C14H19FN2O3/c1-10-13(16-6-8-19-10)14(18)17-11-3-2-4-12(9-11)20-7-5-15/h2-4,9-10,13,16H,5-8H2,1H3,(H,17,18)/t10-,13+/m1/s1. The Morgan fingerprint density at radius 1 is 1.60 bits per heavy atom. The summed E-state index contributed by atoms with van der Waals surface area (Å²) < 4.78 is 22.7. The van der Waals surface area contributed by atoms with E-state index in [9.17, 15) is 9.18 Å². The maximum atomic E-state index is 12.1. The molecule has 110 valence electrons. The van der Waals surface area contributed by atoms with Crippen LogP contribution in [0.1, 0.15) is 6.92 Å². The van der Waals surface area contributed by atoms with Gasteiger partial charge in [0.2, 0.25) is 5.91 Å². The topological polar surface area (TPSA) is 59.6 Å². The highest BCUT2D eigenvalue weighted by Gasteiger charge is 2.28. The Bertz CT molecular complexity index is 456. The summed E-state index contributed by atoms with van der Waals surface area (Å²) in [5.41, 5.74) is 0.617. The van der Waals surface area contributed by atoms with E-state index in [1.54, 1.807) is 24.3 Å². The van der Waals surface area contributed by atoms with Gasteiger partial charge in [0.1, 0.15) is 25.1 Å². The zero-order valence-corrected chi connectivity index (χ0v) is 11.4. The third-order valence-electron chi connectivity index (χ3n) is 3.05. The summed E-state index contributed by atoms with van der Waals surface area (Å²) in [6.07, 6.45) is -0.172. The van der Waals surface area contributed by atoms with E-state index in [0.29, 0.717) is 24.6 Å². The lowest BCUT2D eigenvalue weighted by atomic mass is 10.1. The first kappa shape index (κ1) is 14.7. The lowest BCUT2D eigenvalue weighted by Gasteiger charge is -2.29. The van der Waals surface area contributed by atoms with E-state index in [1.165, 1.54) is 0 Å². The van der Waals surface area contributed by atoms with E-state index in [0.717, 1.165) is 0 Å². The number of anilines is 1. The lowest BCUT2D eigenvalue weighted by molar-refractivity contribution is -0.123. The van der Waals surface area contributed by atoms with Crippen molar-refractivity contribution in [2.24, 2.45) is 0 Å². The van der Waals surface area contributed by atoms with E-state index in [-0.39, 0.29) is 24.7 Å². The van der Waals surface area contributed by atoms with Gasteiger partial charge in [-0.15, -0.1) is 0 Å². The average Bonchev–Trinajstić information content (AvgIpc) is 2.46. The molecule has 0 radical (unpaired) electrons. The van der Waals surface area contributed by atoms with Crippen LogP contribution in [0, 0.1) is 0 Å². The number of hydrogen-bond acceptors (Lipinski definition) is 4. The Kier molecular flexibility index (Phi) is 5.31. The lowest BCUT2D eigenvalue weighted by Crippen LogP contribution is -2.53. The molecule has 2 atom stereocenters. The van der Waals surface area contributed by atoms with Crippen LogP contribution in [0.5, 0.6) is 5.75 Å². The van der Waals surface area contributed by atoms with E-state index >= 15 is 0 Å². The fourth-order valence-corrected chi connectivity index (χ4v) is 2.07. The van der Waals surface area contributed by atoms with Crippen molar-refractivity contribution in [2.75, 3.05) is 31.7 Å². The first-order valence-electron chi connectivity index (χ1n) is 6.65. The van der Waals surface area contributed by atoms with Crippen LogP contribution in [0.3, 0.4) is 0 Å². The fraction of sp³-hybridized carbons (Fsp3) is 0.500. The van der Waals surface area contributed by atoms with Gasteiger partial charge < -0.3 is 20.1 Å². The number of carbonyl (C=O) groups is 1. The number of benzene rings is 1. The Labute approximate surface area is 117 Å². The van der Waals surface area contributed by atoms with Crippen molar-refractivity contribution >= 4 is 11.6 Å². The van der Waals surface area contributed by atoms with Gasteiger partial charge in [0.05, 0.1) is 12.7 Å². The van der Waals surface area contributed by atoms with Gasteiger partial charge in [-0.1, -0.05) is 6.07 Å². The molecule has 0 bridgehead atoms. The number of rotatable bonds is 5. The minimum absolute atomic E-state index is 0.00640. The summed E-state index contributed by atoms with van der Waals surface area (Å²) in [4.78, 5) is 12.1. The Hall–Kier alpha value is -1.66. The SMILES string of the molecule is C[C@H]1OCCN[C@@H]1C(=O)Nc1cccc(OCCF)c1. The van der Waals surface area contributed by atoms with Gasteiger partial charge >= 0.3 is 0 Å². The second-order valence-corrected chi connectivity index (χ2v) is 4.56. The second kappa shape index (κ2) is 7.21. The molecule has 0 unspecified atom stereocenters. The molecule has 0 saturated carbocycles. The molecule has 0 spiro atoms. The fourth-order valence-electron chi connectivity index (χ4n) is 2.07. The molecule has 6 heteroatoms. The van der Waals surface area contributed by atoms with Gasteiger partial charge in [0, 0.05) is 18.3 Å². The molecule has 5 nitrogen and oxygen atoms in total. The highest BCUT2D eigenvalue weighted by molar-refractivity contribution is 5.95. The summed E-state index contributed by atoms with van der Waals surface area (Å²) in [5.74, 6) is 0.376. The van der Waals surface area contributed by atoms with E-state index in [4.69, 9.17) is 9.47 Å². The Morgan fingerprint density at radius 2 is 2.45 bits per heavy atom. The monoisotopic (exact) mass is 282 g/mol. The summed E-state index contributed by atoms with van der Waals surface area (Å²) in [6, 6.07) is 6.52.